The fraction of sp³-hybridized carbons (Fsp3) is 0.600. The molecular formula is C20H24F2N2O4. The lowest BCUT2D eigenvalue weighted by atomic mass is 9.89. The molecule has 0 radical (unpaired) electrons. The maximum absolute atomic E-state index is 13.7. The number of carbonyl (C=O) groups is 2. The predicted molar refractivity (Wildman–Crippen MR) is 95.5 cm³/mol. The van der Waals surface area contributed by atoms with E-state index in [9.17, 15) is 18.4 Å². The lowest BCUT2D eigenvalue weighted by molar-refractivity contribution is -0.141. The molecule has 3 aliphatic rings. The van der Waals surface area contributed by atoms with Crippen molar-refractivity contribution in [3.05, 3.63) is 35.4 Å². The highest BCUT2D eigenvalue weighted by atomic mass is 19.1. The molecule has 1 atom stereocenters. The zero-order valence-corrected chi connectivity index (χ0v) is 15.7. The molecule has 0 bridgehead atoms. The molecule has 1 aromatic rings. The zero-order valence-electron chi connectivity index (χ0n) is 15.7. The zero-order chi connectivity index (χ0) is 19.7. The summed E-state index contributed by atoms with van der Waals surface area (Å²) in [6, 6.07) is 1.95. The molecule has 1 saturated carbocycles. The SMILES string of the molecule is O=C(C1COC2(CCCCC2)N1C(=O)c1cc(F)cc(F)c1)N1CCOCC1. The quantitative estimate of drug-likeness (QED) is 0.773. The number of hydrogen-bond donors (Lipinski definition) is 0. The molecule has 1 unspecified atom stereocenters. The number of rotatable bonds is 2. The second kappa shape index (κ2) is 7.75. The molecule has 4 rings (SSSR count). The number of morpholine rings is 1. The van der Waals surface area contributed by atoms with E-state index in [0.29, 0.717) is 39.1 Å². The van der Waals surface area contributed by atoms with Crippen LogP contribution in [-0.2, 0) is 14.3 Å². The third-order valence-corrected chi connectivity index (χ3v) is 5.83. The van der Waals surface area contributed by atoms with Crippen molar-refractivity contribution in [3.8, 4) is 0 Å². The first-order chi connectivity index (χ1) is 13.5. The second-order valence-electron chi connectivity index (χ2n) is 7.60. The Labute approximate surface area is 162 Å². The summed E-state index contributed by atoms with van der Waals surface area (Å²) in [6.45, 7) is 1.92. The lowest BCUT2D eigenvalue weighted by Gasteiger charge is -2.42. The highest BCUT2D eigenvalue weighted by Gasteiger charge is 2.53. The summed E-state index contributed by atoms with van der Waals surface area (Å²) in [5, 5.41) is 0. The second-order valence-corrected chi connectivity index (χ2v) is 7.60. The molecule has 2 heterocycles. The van der Waals surface area contributed by atoms with Crippen LogP contribution in [0.5, 0.6) is 0 Å². The highest BCUT2D eigenvalue weighted by molar-refractivity contribution is 5.98. The van der Waals surface area contributed by atoms with E-state index in [1.54, 1.807) is 4.90 Å². The van der Waals surface area contributed by atoms with Crippen LogP contribution in [-0.4, -0.2) is 66.3 Å². The van der Waals surface area contributed by atoms with E-state index in [2.05, 4.69) is 0 Å². The highest BCUT2D eigenvalue weighted by Crippen LogP contribution is 2.41. The van der Waals surface area contributed by atoms with Gasteiger partial charge < -0.3 is 14.4 Å². The number of benzene rings is 1. The van der Waals surface area contributed by atoms with Crippen molar-refractivity contribution in [2.24, 2.45) is 0 Å². The standard InChI is InChI=1S/C20H24F2N2O4/c21-15-10-14(11-16(22)12-15)18(25)24-17(19(26)23-6-8-27-9-7-23)13-28-20(24)4-2-1-3-5-20/h10-12,17H,1-9,13H2. The Morgan fingerprint density at radius 1 is 1.00 bits per heavy atom. The number of halogens is 2. The van der Waals surface area contributed by atoms with E-state index in [-0.39, 0.29) is 18.1 Å². The van der Waals surface area contributed by atoms with Gasteiger partial charge in [0.2, 0.25) is 5.91 Å². The summed E-state index contributed by atoms with van der Waals surface area (Å²) >= 11 is 0. The van der Waals surface area contributed by atoms with Gasteiger partial charge >= 0.3 is 0 Å². The van der Waals surface area contributed by atoms with E-state index in [1.807, 2.05) is 0 Å². The van der Waals surface area contributed by atoms with Crippen molar-refractivity contribution >= 4 is 11.8 Å². The average Bonchev–Trinajstić information content (AvgIpc) is 3.05. The first kappa shape index (κ1) is 19.3. The predicted octanol–water partition coefficient (Wildman–Crippen LogP) is 2.33. The molecular weight excluding hydrogens is 370 g/mol. The molecule has 152 valence electrons. The Morgan fingerprint density at radius 2 is 1.64 bits per heavy atom. The van der Waals surface area contributed by atoms with Crippen LogP contribution in [0, 0.1) is 11.6 Å². The van der Waals surface area contributed by atoms with Crippen LogP contribution < -0.4 is 0 Å². The van der Waals surface area contributed by atoms with Crippen molar-refractivity contribution in [3.63, 3.8) is 0 Å². The van der Waals surface area contributed by atoms with E-state index in [0.717, 1.165) is 37.5 Å². The fourth-order valence-corrected chi connectivity index (χ4v) is 4.47. The number of amides is 2. The van der Waals surface area contributed by atoms with E-state index in [1.165, 1.54) is 4.90 Å². The third-order valence-electron chi connectivity index (χ3n) is 5.83. The summed E-state index contributed by atoms with van der Waals surface area (Å²) < 4.78 is 38.8. The number of carbonyl (C=O) groups excluding carboxylic acids is 2. The van der Waals surface area contributed by atoms with Gasteiger partial charge in [0.25, 0.3) is 5.91 Å². The van der Waals surface area contributed by atoms with Gasteiger partial charge in [-0.3, -0.25) is 14.5 Å². The Hall–Kier alpha value is -2.06. The van der Waals surface area contributed by atoms with E-state index < -0.39 is 29.3 Å². The normalized spacial score (nSPS) is 24.6. The van der Waals surface area contributed by atoms with Gasteiger partial charge in [-0.25, -0.2) is 8.78 Å². The third kappa shape index (κ3) is 3.51. The summed E-state index contributed by atoms with van der Waals surface area (Å²) in [4.78, 5) is 29.6. The molecule has 3 fully saturated rings. The van der Waals surface area contributed by atoms with Crippen molar-refractivity contribution in [1.82, 2.24) is 9.80 Å². The van der Waals surface area contributed by atoms with Crippen molar-refractivity contribution in [2.75, 3.05) is 32.9 Å². The maximum Gasteiger partial charge on any atom is 0.257 e. The van der Waals surface area contributed by atoms with Gasteiger partial charge in [0.15, 0.2) is 0 Å². The van der Waals surface area contributed by atoms with Gasteiger partial charge in [-0.15, -0.1) is 0 Å². The van der Waals surface area contributed by atoms with Gasteiger partial charge in [-0.1, -0.05) is 6.42 Å². The summed E-state index contributed by atoms with van der Waals surface area (Å²) in [7, 11) is 0. The Balaban J connectivity index is 1.67. The number of hydrogen-bond acceptors (Lipinski definition) is 4. The van der Waals surface area contributed by atoms with E-state index in [4.69, 9.17) is 9.47 Å². The van der Waals surface area contributed by atoms with Crippen LogP contribution in [0.3, 0.4) is 0 Å². The van der Waals surface area contributed by atoms with Crippen LogP contribution in [0.25, 0.3) is 0 Å². The molecule has 1 spiro atoms. The first-order valence-corrected chi connectivity index (χ1v) is 9.80. The topological polar surface area (TPSA) is 59.1 Å². The Morgan fingerprint density at radius 3 is 2.29 bits per heavy atom. The minimum Gasteiger partial charge on any atom is -0.378 e. The van der Waals surface area contributed by atoms with Gasteiger partial charge in [0.1, 0.15) is 23.4 Å². The van der Waals surface area contributed by atoms with Gasteiger partial charge in [0, 0.05) is 24.7 Å². The molecule has 6 nitrogen and oxygen atoms in total. The monoisotopic (exact) mass is 394 g/mol. The molecule has 2 aliphatic heterocycles. The first-order valence-electron chi connectivity index (χ1n) is 9.80. The molecule has 28 heavy (non-hydrogen) atoms. The van der Waals surface area contributed by atoms with Crippen molar-refractivity contribution in [2.45, 2.75) is 43.9 Å². The van der Waals surface area contributed by atoms with Crippen molar-refractivity contribution < 1.29 is 27.8 Å². The van der Waals surface area contributed by atoms with Crippen LogP contribution in [0.2, 0.25) is 0 Å². The minimum absolute atomic E-state index is 0.0970. The fourth-order valence-electron chi connectivity index (χ4n) is 4.47. The molecule has 0 aromatic heterocycles. The Kier molecular flexibility index (Phi) is 5.33. The largest absolute Gasteiger partial charge is 0.378 e. The molecule has 1 aliphatic carbocycles. The summed E-state index contributed by atoms with van der Waals surface area (Å²) in [5.74, 6) is -2.41. The van der Waals surface area contributed by atoms with Crippen LogP contribution in [0.15, 0.2) is 18.2 Å². The number of nitrogens with zero attached hydrogens (tertiary/aromatic N) is 2. The number of ether oxygens (including phenoxy) is 2. The Bertz CT molecular complexity index is 740. The van der Waals surface area contributed by atoms with Gasteiger partial charge in [0.05, 0.1) is 19.8 Å². The molecule has 8 heteroatoms. The maximum atomic E-state index is 13.7. The summed E-state index contributed by atoms with van der Waals surface area (Å²) in [6.07, 6.45) is 4.01. The van der Waals surface area contributed by atoms with Gasteiger partial charge in [-0.05, 0) is 37.8 Å². The van der Waals surface area contributed by atoms with E-state index >= 15 is 0 Å². The van der Waals surface area contributed by atoms with Crippen LogP contribution in [0.4, 0.5) is 8.78 Å². The molecule has 1 aromatic carbocycles. The minimum atomic E-state index is -0.884. The lowest BCUT2D eigenvalue weighted by Crippen LogP contribution is -2.58. The van der Waals surface area contributed by atoms with Crippen LogP contribution >= 0.6 is 0 Å². The van der Waals surface area contributed by atoms with Crippen molar-refractivity contribution in [1.29, 1.82) is 0 Å². The molecule has 2 amide bonds. The van der Waals surface area contributed by atoms with Gasteiger partial charge in [-0.2, -0.15) is 0 Å². The molecule has 0 N–H and O–H groups in total. The molecule has 2 saturated heterocycles. The smallest absolute Gasteiger partial charge is 0.257 e. The average molecular weight is 394 g/mol. The summed E-state index contributed by atoms with van der Waals surface area (Å²) in [5.41, 5.74) is -0.988. The van der Waals surface area contributed by atoms with Crippen LogP contribution in [0.1, 0.15) is 42.5 Å².